The Morgan fingerprint density at radius 3 is 2.09 bits per heavy atom. The second-order valence-corrected chi connectivity index (χ2v) is 3.96. The van der Waals surface area contributed by atoms with Crippen molar-refractivity contribution in [2.24, 2.45) is 11.0 Å². The van der Waals surface area contributed by atoms with E-state index in [2.05, 4.69) is 17.2 Å². The van der Waals surface area contributed by atoms with E-state index in [0.717, 1.165) is 18.5 Å². The van der Waals surface area contributed by atoms with Crippen molar-refractivity contribution in [3.8, 4) is 0 Å². The summed E-state index contributed by atoms with van der Waals surface area (Å²) in [6, 6.07) is 10.8. The van der Waals surface area contributed by atoms with Crippen LogP contribution in [0.25, 0.3) is 0 Å². The number of rotatable bonds is 2. The number of nitrogens with zero attached hydrogens (tertiary/aromatic N) is 2. The van der Waals surface area contributed by atoms with Gasteiger partial charge in [0.2, 0.25) is 0 Å². The van der Waals surface area contributed by atoms with Gasteiger partial charge in [-0.05, 0) is 26.0 Å². The van der Waals surface area contributed by atoms with Gasteiger partial charge in [-0.3, -0.25) is 0 Å². The van der Waals surface area contributed by atoms with Crippen molar-refractivity contribution in [1.82, 2.24) is 0 Å². The predicted molar refractivity (Wildman–Crippen MR) is 91.7 cm³/mol. The maximum Gasteiger partial charge on any atom is 0.158 e. The average Bonchev–Trinajstić information content (AvgIpc) is 2.88. The van der Waals surface area contributed by atoms with E-state index < -0.39 is 12.3 Å². The van der Waals surface area contributed by atoms with Gasteiger partial charge < -0.3 is 15.3 Å². The van der Waals surface area contributed by atoms with Crippen LogP contribution in [0.4, 0.5) is 5.69 Å². The Morgan fingerprint density at radius 1 is 1.18 bits per heavy atom. The zero-order valence-corrected chi connectivity index (χ0v) is 14.7. The molecule has 3 unspecified atom stereocenters. The fourth-order valence-corrected chi connectivity index (χ4v) is 1.95. The summed E-state index contributed by atoms with van der Waals surface area (Å²) in [6.07, 6.45) is -1.45. The molecule has 0 aromatic heterocycles. The van der Waals surface area contributed by atoms with Crippen molar-refractivity contribution >= 4 is 11.4 Å². The fraction of sp³-hybridized carbons (Fsp3) is 0.588. The highest BCUT2D eigenvalue weighted by Gasteiger charge is 2.37. The number of aliphatic hydroxyl groups excluding tert-OH is 3. The molecular formula is C17H30N2O3. The van der Waals surface area contributed by atoms with Crippen molar-refractivity contribution in [2.75, 3.05) is 12.1 Å². The summed E-state index contributed by atoms with van der Waals surface area (Å²) in [5, 5.41) is 32.4. The Labute approximate surface area is 134 Å². The summed E-state index contributed by atoms with van der Waals surface area (Å²) < 4.78 is 0. The van der Waals surface area contributed by atoms with Gasteiger partial charge in [-0.1, -0.05) is 39.8 Å². The molecule has 0 saturated heterocycles. The molecule has 5 nitrogen and oxygen atoms in total. The predicted octanol–water partition coefficient (Wildman–Crippen LogP) is 2.46. The van der Waals surface area contributed by atoms with E-state index in [-0.39, 0.29) is 5.92 Å². The monoisotopic (exact) mass is 310 g/mol. The van der Waals surface area contributed by atoms with Crippen LogP contribution in [-0.4, -0.2) is 40.5 Å². The van der Waals surface area contributed by atoms with Crippen LogP contribution in [0.5, 0.6) is 0 Å². The second kappa shape index (κ2) is 13.1. The molecule has 5 heteroatoms. The van der Waals surface area contributed by atoms with Gasteiger partial charge in [0.25, 0.3) is 0 Å². The van der Waals surface area contributed by atoms with E-state index in [1.165, 1.54) is 5.01 Å². The van der Waals surface area contributed by atoms with Gasteiger partial charge in [0.05, 0.1) is 17.7 Å². The van der Waals surface area contributed by atoms with Gasteiger partial charge in [0, 0.05) is 18.9 Å². The molecule has 2 rings (SSSR count). The largest absolute Gasteiger partial charge is 0.400 e. The molecule has 0 saturated carbocycles. The standard InChI is InChI=1S/C12H14N2O2.2C2H6.CH4O/c1-8-11(9(2)15)12(16)14(13-8)10-6-4-3-5-7-10;3*1-2/h4,6-7,9,11-12,15-16H,1-2H3;2*1-2H3;2H,1H3. The van der Waals surface area contributed by atoms with Gasteiger partial charge in [-0.15, -0.1) is 0 Å². The molecule has 1 aliphatic rings. The van der Waals surface area contributed by atoms with E-state index in [1.54, 1.807) is 32.0 Å². The van der Waals surface area contributed by atoms with Crippen LogP contribution in [0, 0.1) is 18.1 Å². The first kappa shape index (κ1) is 22.7. The van der Waals surface area contributed by atoms with Crippen LogP contribution < -0.4 is 5.01 Å². The SMILES string of the molecule is CC.CC.CC1=NN(c2cc#ccc2)C(O)C1C(C)O.CO. The molecule has 1 aromatic carbocycles. The zero-order valence-electron chi connectivity index (χ0n) is 14.7. The molecule has 1 heterocycles. The minimum Gasteiger partial charge on any atom is -0.400 e. The third-order valence-corrected chi connectivity index (χ3v) is 2.74. The molecular weight excluding hydrogens is 280 g/mol. The van der Waals surface area contributed by atoms with E-state index in [9.17, 15) is 10.2 Å². The third kappa shape index (κ3) is 6.02. The van der Waals surface area contributed by atoms with Crippen LogP contribution in [0.15, 0.2) is 23.3 Å². The van der Waals surface area contributed by atoms with Crippen molar-refractivity contribution in [3.05, 3.63) is 30.3 Å². The van der Waals surface area contributed by atoms with Crippen LogP contribution >= 0.6 is 0 Å². The Kier molecular flexibility index (Phi) is 13.5. The van der Waals surface area contributed by atoms with Gasteiger partial charge in [0.15, 0.2) is 6.23 Å². The maximum absolute atomic E-state index is 10.1. The highest BCUT2D eigenvalue weighted by molar-refractivity contribution is 5.89. The van der Waals surface area contributed by atoms with Crippen molar-refractivity contribution < 1.29 is 15.3 Å². The van der Waals surface area contributed by atoms with E-state index in [0.29, 0.717) is 0 Å². The number of hydrazone groups is 1. The summed E-state index contributed by atoms with van der Waals surface area (Å²) in [6.45, 7) is 11.5. The van der Waals surface area contributed by atoms with Crippen molar-refractivity contribution in [1.29, 1.82) is 0 Å². The number of hydrogen-bond donors (Lipinski definition) is 3. The summed E-state index contributed by atoms with van der Waals surface area (Å²) in [7, 11) is 1.00. The molecule has 1 aromatic rings. The molecule has 0 radical (unpaired) electrons. The lowest BCUT2D eigenvalue weighted by atomic mass is 9.98. The lowest BCUT2D eigenvalue weighted by Gasteiger charge is -2.24. The Balaban J connectivity index is 0. The van der Waals surface area contributed by atoms with E-state index >= 15 is 0 Å². The Morgan fingerprint density at radius 2 is 1.73 bits per heavy atom. The first-order chi connectivity index (χ1) is 10.6. The molecule has 3 atom stereocenters. The minimum atomic E-state index is -0.823. The summed E-state index contributed by atoms with van der Waals surface area (Å²) in [5.74, 6) is -0.343. The van der Waals surface area contributed by atoms with Gasteiger partial charge in [-0.25, -0.2) is 5.01 Å². The summed E-state index contributed by atoms with van der Waals surface area (Å²) in [4.78, 5) is 0. The van der Waals surface area contributed by atoms with E-state index in [4.69, 9.17) is 5.11 Å². The molecule has 1 aliphatic heterocycles. The van der Waals surface area contributed by atoms with Crippen LogP contribution in [0.1, 0.15) is 41.5 Å². The zero-order chi connectivity index (χ0) is 17.7. The number of aliphatic hydroxyl groups is 3. The minimum absolute atomic E-state index is 0.343. The molecule has 0 amide bonds. The quantitative estimate of drug-likeness (QED) is 0.784. The normalized spacial score (nSPS) is 19.9. The fourth-order valence-electron chi connectivity index (χ4n) is 1.95. The molecule has 3 N–H and O–H groups in total. The first-order valence-corrected chi connectivity index (χ1v) is 7.64. The lowest BCUT2D eigenvalue weighted by Crippen LogP contribution is -2.38. The average molecular weight is 310 g/mol. The van der Waals surface area contributed by atoms with Gasteiger partial charge >= 0.3 is 0 Å². The highest BCUT2D eigenvalue weighted by atomic mass is 16.3. The molecule has 0 bridgehead atoms. The summed E-state index contributed by atoms with van der Waals surface area (Å²) in [5.41, 5.74) is 1.48. The third-order valence-electron chi connectivity index (χ3n) is 2.74. The molecule has 22 heavy (non-hydrogen) atoms. The highest BCUT2D eigenvalue weighted by Crippen LogP contribution is 2.28. The molecule has 0 aliphatic carbocycles. The van der Waals surface area contributed by atoms with Gasteiger partial charge in [-0.2, -0.15) is 5.10 Å². The van der Waals surface area contributed by atoms with E-state index in [1.807, 2.05) is 27.7 Å². The smallest absolute Gasteiger partial charge is 0.158 e. The summed E-state index contributed by atoms with van der Waals surface area (Å²) >= 11 is 0. The van der Waals surface area contributed by atoms with Crippen molar-refractivity contribution in [3.63, 3.8) is 0 Å². The second-order valence-electron chi connectivity index (χ2n) is 3.96. The number of anilines is 1. The maximum atomic E-state index is 10.1. The number of hydrogen-bond acceptors (Lipinski definition) is 5. The first-order valence-electron chi connectivity index (χ1n) is 7.64. The molecule has 0 spiro atoms. The van der Waals surface area contributed by atoms with Crippen LogP contribution in [-0.2, 0) is 0 Å². The topological polar surface area (TPSA) is 76.3 Å². The molecule has 0 fully saturated rings. The molecule has 126 valence electrons. The Bertz CT molecular complexity index is 394. The lowest BCUT2D eigenvalue weighted by molar-refractivity contribution is 0.0635. The Hall–Kier alpha value is -1.61. The van der Waals surface area contributed by atoms with Crippen LogP contribution in [0.2, 0.25) is 0 Å². The van der Waals surface area contributed by atoms with Crippen LogP contribution in [0.3, 0.4) is 0 Å². The van der Waals surface area contributed by atoms with Crippen molar-refractivity contribution in [2.45, 2.75) is 53.9 Å². The van der Waals surface area contributed by atoms with Gasteiger partial charge in [0.1, 0.15) is 0 Å².